The molecule has 2 atom stereocenters. The minimum absolute atomic E-state index is 0.0770. The van der Waals surface area contributed by atoms with Crippen LogP contribution in [0.4, 0.5) is 0 Å². The molecule has 2 aliphatic carbocycles. The normalized spacial score (nSPS) is 43.6. The largest absolute Gasteiger partial charge is 0.294 e. The van der Waals surface area contributed by atoms with Crippen LogP contribution in [-0.2, 0) is 4.79 Å². The minimum atomic E-state index is -0.0770. The molecule has 0 radical (unpaired) electrons. The maximum Gasteiger partial charge on any atom is 0.161 e. The van der Waals surface area contributed by atoms with E-state index in [1.807, 2.05) is 0 Å². The lowest BCUT2D eigenvalue weighted by atomic mass is 9.61. The Morgan fingerprint density at radius 2 is 2.08 bits per heavy atom. The molecule has 0 amide bonds. The van der Waals surface area contributed by atoms with Gasteiger partial charge in [0.15, 0.2) is 5.78 Å². The van der Waals surface area contributed by atoms with Gasteiger partial charge in [-0.1, -0.05) is 26.8 Å². The average Bonchev–Trinajstić information content (AvgIpc) is 2.17. The first-order chi connectivity index (χ1) is 5.48. The van der Waals surface area contributed by atoms with Gasteiger partial charge in [-0.2, -0.15) is 0 Å². The van der Waals surface area contributed by atoms with Gasteiger partial charge in [0.2, 0.25) is 0 Å². The molecule has 0 aromatic rings. The molecule has 0 N–H and O–H groups in total. The first kappa shape index (κ1) is 8.03. The van der Waals surface area contributed by atoms with E-state index < -0.39 is 0 Å². The number of carbonyl (C=O) groups excluding carboxylic acids is 1. The van der Waals surface area contributed by atoms with E-state index in [1.54, 1.807) is 6.08 Å². The number of carbonyl (C=O) groups is 1. The zero-order valence-corrected chi connectivity index (χ0v) is 8.05. The Labute approximate surface area is 73.8 Å². The number of hydrogen-bond donors (Lipinski definition) is 0. The molecule has 0 heterocycles. The molecule has 1 heteroatoms. The third-order valence-electron chi connectivity index (χ3n) is 4.33. The predicted octanol–water partition coefficient (Wildman–Crippen LogP) is 2.57. The van der Waals surface area contributed by atoms with Crippen LogP contribution < -0.4 is 0 Å². The van der Waals surface area contributed by atoms with Crippen molar-refractivity contribution in [1.82, 2.24) is 0 Å². The van der Waals surface area contributed by atoms with Crippen LogP contribution in [0.3, 0.4) is 0 Å². The SMILES string of the molecule is CC12CCC(C=CC1=O)C2(C)C. The van der Waals surface area contributed by atoms with E-state index in [4.69, 9.17) is 0 Å². The molecule has 66 valence electrons. The number of hydrogen-bond acceptors (Lipinski definition) is 1. The van der Waals surface area contributed by atoms with Crippen molar-refractivity contribution < 1.29 is 4.79 Å². The first-order valence-electron chi connectivity index (χ1n) is 4.71. The molecule has 2 bridgehead atoms. The third-order valence-corrected chi connectivity index (χ3v) is 4.33. The molecular weight excluding hydrogens is 148 g/mol. The van der Waals surface area contributed by atoms with E-state index >= 15 is 0 Å². The van der Waals surface area contributed by atoms with Crippen molar-refractivity contribution >= 4 is 5.78 Å². The smallest absolute Gasteiger partial charge is 0.161 e. The second-order valence-electron chi connectivity index (χ2n) is 4.92. The molecule has 0 saturated heterocycles. The maximum absolute atomic E-state index is 11.7. The molecule has 0 spiro atoms. The van der Waals surface area contributed by atoms with Crippen LogP contribution >= 0.6 is 0 Å². The summed E-state index contributed by atoms with van der Waals surface area (Å²) in [5.74, 6) is 0.960. The molecule has 1 fully saturated rings. The van der Waals surface area contributed by atoms with Gasteiger partial charge in [0.05, 0.1) is 0 Å². The average molecular weight is 164 g/mol. The van der Waals surface area contributed by atoms with E-state index in [9.17, 15) is 4.79 Å². The van der Waals surface area contributed by atoms with Gasteiger partial charge >= 0.3 is 0 Å². The van der Waals surface area contributed by atoms with Crippen molar-refractivity contribution in [2.24, 2.45) is 16.7 Å². The van der Waals surface area contributed by atoms with Gasteiger partial charge < -0.3 is 0 Å². The highest BCUT2D eigenvalue weighted by Gasteiger charge is 2.55. The van der Waals surface area contributed by atoms with Crippen LogP contribution in [-0.4, -0.2) is 5.78 Å². The van der Waals surface area contributed by atoms with Crippen LogP contribution in [0.5, 0.6) is 0 Å². The third kappa shape index (κ3) is 0.675. The highest BCUT2D eigenvalue weighted by Crippen LogP contribution is 2.58. The van der Waals surface area contributed by atoms with Crippen molar-refractivity contribution in [3.63, 3.8) is 0 Å². The van der Waals surface area contributed by atoms with Crippen molar-refractivity contribution in [2.75, 3.05) is 0 Å². The Hall–Kier alpha value is -0.590. The lowest BCUT2D eigenvalue weighted by Gasteiger charge is -2.41. The first-order valence-corrected chi connectivity index (χ1v) is 4.71. The van der Waals surface area contributed by atoms with Gasteiger partial charge in [0, 0.05) is 5.41 Å². The Bertz CT molecular complexity index is 262. The highest BCUT2D eigenvalue weighted by molar-refractivity contribution is 5.96. The minimum Gasteiger partial charge on any atom is -0.294 e. The van der Waals surface area contributed by atoms with E-state index in [-0.39, 0.29) is 10.8 Å². The summed E-state index contributed by atoms with van der Waals surface area (Å²) >= 11 is 0. The van der Waals surface area contributed by atoms with Crippen molar-refractivity contribution in [2.45, 2.75) is 33.6 Å². The van der Waals surface area contributed by atoms with E-state index in [0.717, 1.165) is 6.42 Å². The van der Waals surface area contributed by atoms with E-state index in [2.05, 4.69) is 26.8 Å². The van der Waals surface area contributed by atoms with Crippen molar-refractivity contribution in [3.8, 4) is 0 Å². The molecule has 2 unspecified atom stereocenters. The molecule has 1 saturated carbocycles. The van der Waals surface area contributed by atoms with Crippen molar-refractivity contribution in [1.29, 1.82) is 0 Å². The fourth-order valence-corrected chi connectivity index (χ4v) is 2.70. The van der Waals surface area contributed by atoms with Gasteiger partial charge in [-0.15, -0.1) is 0 Å². The second kappa shape index (κ2) is 2.01. The summed E-state index contributed by atoms with van der Waals surface area (Å²) < 4.78 is 0. The van der Waals surface area contributed by atoms with Gasteiger partial charge in [-0.25, -0.2) is 0 Å². The Kier molecular flexibility index (Phi) is 1.35. The zero-order chi connectivity index (χ0) is 8.98. The molecule has 0 aromatic heterocycles. The van der Waals surface area contributed by atoms with Crippen LogP contribution in [0.2, 0.25) is 0 Å². The standard InChI is InChI=1S/C11H16O/c1-10(2)8-4-5-9(12)11(10,3)7-6-8/h4-5,8H,6-7H2,1-3H3. The lowest BCUT2D eigenvalue weighted by Crippen LogP contribution is -2.41. The summed E-state index contributed by atoms with van der Waals surface area (Å²) in [6.07, 6.45) is 6.16. The quantitative estimate of drug-likeness (QED) is 0.537. The molecule has 0 aliphatic heterocycles. The molecule has 0 aromatic carbocycles. The number of ketones is 1. The molecule has 2 aliphatic rings. The summed E-state index contributed by atoms with van der Waals surface area (Å²) in [5, 5.41) is 0. The van der Waals surface area contributed by atoms with Crippen LogP contribution in [0.1, 0.15) is 33.6 Å². The number of rotatable bonds is 0. The van der Waals surface area contributed by atoms with Crippen LogP contribution in [0.15, 0.2) is 12.2 Å². The van der Waals surface area contributed by atoms with Crippen LogP contribution in [0.25, 0.3) is 0 Å². The topological polar surface area (TPSA) is 17.1 Å². The summed E-state index contributed by atoms with van der Waals surface area (Å²) in [6.45, 7) is 6.58. The molecular formula is C11H16O. The summed E-state index contributed by atoms with van der Waals surface area (Å²) in [7, 11) is 0. The predicted molar refractivity (Wildman–Crippen MR) is 48.8 cm³/mol. The van der Waals surface area contributed by atoms with E-state index in [0.29, 0.717) is 11.7 Å². The van der Waals surface area contributed by atoms with Gasteiger partial charge in [-0.05, 0) is 30.3 Å². The van der Waals surface area contributed by atoms with Crippen molar-refractivity contribution in [3.05, 3.63) is 12.2 Å². The monoisotopic (exact) mass is 164 g/mol. The summed E-state index contributed by atoms with van der Waals surface area (Å²) in [6, 6.07) is 0. The molecule has 1 nitrogen and oxygen atoms in total. The molecule has 2 rings (SSSR count). The summed E-state index contributed by atoms with van der Waals surface area (Å²) in [5.41, 5.74) is 0.102. The van der Waals surface area contributed by atoms with Gasteiger partial charge in [0.25, 0.3) is 0 Å². The highest BCUT2D eigenvalue weighted by atomic mass is 16.1. The fourth-order valence-electron chi connectivity index (χ4n) is 2.70. The van der Waals surface area contributed by atoms with Gasteiger partial charge in [-0.3, -0.25) is 4.79 Å². The van der Waals surface area contributed by atoms with E-state index in [1.165, 1.54) is 6.42 Å². The molecule has 12 heavy (non-hydrogen) atoms. The van der Waals surface area contributed by atoms with Crippen LogP contribution in [0, 0.1) is 16.7 Å². The zero-order valence-electron chi connectivity index (χ0n) is 8.05. The number of fused-ring (bicyclic) bond motifs is 2. The Morgan fingerprint density at radius 3 is 2.67 bits per heavy atom. The Balaban J connectivity index is 2.54. The summed E-state index contributed by atoms with van der Waals surface area (Å²) in [4.78, 5) is 11.7. The second-order valence-corrected chi connectivity index (χ2v) is 4.92. The van der Waals surface area contributed by atoms with Gasteiger partial charge in [0.1, 0.15) is 0 Å². The Morgan fingerprint density at radius 1 is 1.42 bits per heavy atom. The fraction of sp³-hybridized carbons (Fsp3) is 0.727. The number of allylic oxidation sites excluding steroid dienone is 2. The maximum atomic E-state index is 11.7. The lowest BCUT2D eigenvalue weighted by molar-refractivity contribution is -0.129.